The summed E-state index contributed by atoms with van der Waals surface area (Å²) in [4.78, 5) is 1.30. The molecule has 0 radical (unpaired) electrons. The maximum atomic E-state index is 13.2. The van der Waals surface area contributed by atoms with Gasteiger partial charge in [-0.25, -0.2) is 4.39 Å². The molecule has 5 heteroatoms. The second kappa shape index (κ2) is 5.71. The second-order valence-electron chi connectivity index (χ2n) is 4.07. The van der Waals surface area contributed by atoms with Crippen molar-refractivity contribution < 1.29 is 4.39 Å². The normalized spacial score (nSPS) is 10.6. The summed E-state index contributed by atoms with van der Waals surface area (Å²) in [5.41, 5.74) is 7.61. The standard InChI is InChI=1S/C13H14BrFN2S/c1-8-6-12(11(16)7-10(8)15)17-5-4-9-2-3-13(14)18-9/h2-3,6-7,17H,4-5,16H2,1H3. The number of thiophene rings is 1. The molecule has 0 bridgehead atoms. The zero-order valence-corrected chi connectivity index (χ0v) is 12.4. The molecule has 0 aliphatic heterocycles. The van der Waals surface area contributed by atoms with Crippen LogP contribution >= 0.6 is 27.3 Å². The number of nitrogens with one attached hydrogen (secondary N) is 1. The number of hydrogen-bond acceptors (Lipinski definition) is 3. The molecule has 2 rings (SSSR count). The van der Waals surface area contributed by atoms with Crippen molar-refractivity contribution >= 4 is 38.6 Å². The van der Waals surface area contributed by atoms with Gasteiger partial charge >= 0.3 is 0 Å². The van der Waals surface area contributed by atoms with Crippen molar-refractivity contribution in [1.29, 1.82) is 0 Å². The highest BCUT2D eigenvalue weighted by atomic mass is 79.9. The Labute approximate surface area is 118 Å². The van der Waals surface area contributed by atoms with Crippen molar-refractivity contribution in [1.82, 2.24) is 0 Å². The predicted octanol–water partition coefficient (Wildman–Crippen LogP) is 4.19. The van der Waals surface area contributed by atoms with E-state index in [-0.39, 0.29) is 5.82 Å². The molecule has 0 aliphatic carbocycles. The van der Waals surface area contributed by atoms with Crippen LogP contribution in [0.3, 0.4) is 0 Å². The summed E-state index contributed by atoms with van der Waals surface area (Å²) >= 11 is 5.15. The van der Waals surface area contributed by atoms with E-state index in [0.717, 1.165) is 22.4 Å². The topological polar surface area (TPSA) is 38.0 Å². The van der Waals surface area contributed by atoms with Crippen LogP contribution in [0.25, 0.3) is 0 Å². The van der Waals surface area contributed by atoms with Gasteiger partial charge in [-0.2, -0.15) is 0 Å². The molecule has 0 saturated heterocycles. The third-order valence-electron chi connectivity index (χ3n) is 2.65. The van der Waals surface area contributed by atoms with Gasteiger partial charge in [0.1, 0.15) is 5.82 Å². The van der Waals surface area contributed by atoms with Crippen molar-refractivity contribution in [2.75, 3.05) is 17.6 Å². The quantitative estimate of drug-likeness (QED) is 0.825. The van der Waals surface area contributed by atoms with Crippen LogP contribution in [-0.4, -0.2) is 6.54 Å². The molecule has 2 aromatic rings. The van der Waals surface area contributed by atoms with Gasteiger partial charge in [0.05, 0.1) is 15.2 Å². The SMILES string of the molecule is Cc1cc(NCCc2ccc(Br)s2)c(N)cc1F. The maximum absolute atomic E-state index is 13.2. The van der Waals surface area contributed by atoms with E-state index in [1.807, 2.05) is 6.07 Å². The molecule has 0 atom stereocenters. The molecule has 0 spiro atoms. The molecule has 0 aliphatic rings. The Morgan fingerprint density at radius 3 is 2.83 bits per heavy atom. The highest BCUT2D eigenvalue weighted by Gasteiger charge is 2.04. The smallest absolute Gasteiger partial charge is 0.128 e. The van der Waals surface area contributed by atoms with Crippen LogP contribution in [0.2, 0.25) is 0 Å². The van der Waals surface area contributed by atoms with Crippen LogP contribution in [-0.2, 0) is 6.42 Å². The van der Waals surface area contributed by atoms with E-state index in [4.69, 9.17) is 5.73 Å². The van der Waals surface area contributed by atoms with Gasteiger partial charge < -0.3 is 11.1 Å². The lowest BCUT2D eigenvalue weighted by Crippen LogP contribution is -2.07. The fraction of sp³-hybridized carbons (Fsp3) is 0.231. The minimum Gasteiger partial charge on any atom is -0.397 e. The lowest BCUT2D eigenvalue weighted by Gasteiger charge is -2.10. The molecular formula is C13H14BrFN2S. The minimum atomic E-state index is -0.264. The predicted molar refractivity (Wildman–Crippen MR) is 79.8 cm³/mol. The fourth-order valence-electron chi connectivity index (χ4n) is 1.66. The first-order chi connectivity index (χ1) is 8.56. The van der Waals surface area contributed by atoms with E-state index in [2.05, 4.69) is 27.3 Å². The van der Waals surface area contributed by atoms with Crippen LogP contribution < -0.4 is 11.1 Å². The molecule has 96 valence electrons. The zero-order valence-electron chi connectivity index (χ0n) is 9.97. The molecule has 1 aromatic carbocycles. The monoisotopic (exact) mass is 328 g/mol. The van der Waals surface area contributed by atoms with E-state index >= 15 is 0 Å². The van der Waals surface area contributed by atoms with Crippen molar-refractivity contribution in [2.24, 2.45) is 0 Å². The van der Waals surface area contributed by atoms with Crippen LogP contribution in [0.4, 0.5) is 15.8 Å². The first-order valence-corrected chi connectivity index (χ1v) is 7.21. The Bertz CT molecular complexity index is 554. The number of nitrogens with two attached hydrogens (primary N) is 1. The summed E-state index contributed by atoms with van der Waals surface area (Å²) in [6.45, 7) is 2.51. The number of aryl methyl sites for hydroxylation is 1. The van der Waals surface area contributed by atoms with E-state index < -0.39 is 0 Å². The van der Waals surface area contributed by atoms with E-state index in [0.29, 0.717) is 11.3 Å². The van der Waals surface area contributed by atoms with E-state index in [1.54, 1.807) is 24.3 Å². The molecule has 0 fully saturated rings. The molecule has 0 unspecified atom stereocenters. The molecule has 1 heterocycles. The van der Waals surface area contributed by atoms with Gasteiger partial charge in [0.2, 0.25) is 0 Å². The highest BCUT2D eigenvalue weighted by Crippen LogP contribution is 2.24. The molecule has 18 heavy (non-hydrogen) atoms. The molecule has 0 saturated carbocycles. The Morgan fingerprint density at radius 2 is 2.17 bits per heavy atom. The summed E-state index contributed by atoms with van der Waals surface area (Å²) in [6.07, 6.45) is 0.923. The molecule has 1 aromatic heterocycles. The van der Waals surface area contributed by atoms with Crippen LogP contribution in [0.5, 0.6) is 0 Å². The third kappa shape index (κ3) is 3.23. The molecule has 3 N–H and O–H groups in total. The molecular weight excluding hydrogens is 315 g/mol. The lowest BCUT2D eigenvalue weighted by molar-refractivity contribution is 0.619. The fourth-order valence-corrected chi connectivity index (χ4v) is 3.14. The van der Waals surface area contributed by atoms with E-state index in [1.165, 1.54) is 10.9 Å². The highest BCUT2D eigenvalue weighted by molar-refractivity contribution is 9.11. The Hall–Kier alpha value is -1.07. The van der Waals surface area contributed by atoms with Crippen molar-refractivity contribution in [3.05, 3.63) is 44.3 Å². The van der Waals surface area contributed by atoms with Crippen LogP contribution in [0.15, 0.2) is 28.1 Å². The number of nitrogen functional groups attached to an aromatic ring is 1. The number of benzene rings is 1. The summed E-state index contributed by atoms with van der Waals surface area (Å²) in [6, 6.07) is 7.24. The molecule has 0 amide bonds. The van der Waals surface area contributed by atoms with Crippen molar-refractivity contribution in [2.45, 2.75) is 13.3 Å². The first-order valence-electron chi connectivity index (χ1n) is 5.60. The number of rotatable bonds is 4. The van der Waals surface area contributed by atoms with Gasteiger partial charge in [0.25, 0.3) is 0 Å². The summed E-state index contributed by atoms with van der Waals surface area (Å²) < 4.78 is 14.4. The zero-order chi connectivity index (χ0) is 13.1. The Morgan fingerprint density at radius 1 is 1.39 bits per heavy atom. The Balaban J connectivity index is 1.96. The van der Waals surface area contributed by atoms with Gasteiger partial charge in [-0.1, -0.05) is 0 Å². The van der Waals surface area contributed by atoms with Gasteiger partial charge in [-0.3, -0.25) is 0 Å². The van der Waals surface area contributed by atoms with Gasteiger partial charge in [0.15, 0.2) is 0 Å². The lowest BCUT2D eigenvalue weighted by atomic mass is 10.2. The van der Waals surface area contributed by atoms with Gasteiger partial charge in [-0.15, -0.1) is 11.3 Å². The average molecular weight is 329 g/mol. The van der Waals surface area contributed by atoms with Gasteiger partial charge in [-0.05, 0) is 59.1 Å². The maximum Gasteiger partial charge on any atom is 0.128 e. The minimum absolute atomic E-state index is 0.264. The number of halogens is 2. The molecule has 2 nitrogen and oxygen atoms in total. The van der Waals surface area contributed by atoms with Crippen molar-refractivity contribution in [3.8, 4) is 0 Å². The second-order valence-corrected chi connectivity index (χ2v) is 6.62. The largest absolute Gasteiger partial charge is 0.397 e. The summed E-state index contributed by atoms with van der Waals surface area (Å²) in [5.74, 6) is -0.264. The van der Waals surface area contributed by atoms with Crippen LogP contribution in [0, 0.1) is 12.7 Å². The third-order valence-corrected chi connectivity index (χ3v) is 4.33. The van der Waals surface area contributed by atoms with Gasteiger partial charge in [0, 0.05) is 11.4 Å². The Kier molecular flexibility index (Phi) is 4.24. The van der Waals surface area contributed by atoms with E-state index in [9.17, 15) is 4.39 Å². The van der Waals surface area contributed by atoms with Crippen LogP contribution in [0.1, 0.15) is 10.4 Å². The summed E-state index contributed by atoms with van der Waals surface area (Å²) in [7, 11) is 0. The van der Waals surface area contributed by atoms with Crippen molar-refractivity contribution in [3.63, 3.8) is 0 Å². The number of hydrogen-bond donors (Lipinski definition) is 2. The summed E-state index contributed by atoms with van der Waals surface area (Å²) in [5, 5.41) is 3.24. The number of anilines is 2. The first kappa shape index (κ1) is 13.4. The average Bonchev–Trinajstić information content (AvgIpc) is 2.71.